The van der Waals surface area contributed by atoms with E-state index in [2.05, 4.69) is 0 Å². The lowest BCUT2D eigenvalue weighted by Gasteiger charge is -2.29. The summed E-state index contributed by atoms with van der Waals surface area (Å²) in [7, 11) is -3.58. The minimum atomic E-state index is -3.58. The Labute approximate surface area is 147 Å². The van der Waals surface area contributed by atoms with Crippen LogP contribution in [-0.4, -0.2) is 31.9 Å². The second-order valence-electron chi connectivity index (χ2n) is 6.09. The molecule has 2 aliphatic rings. The number of nitrogens with zero attached hydrogens (tertiary/aromatic N) is 2. The van der Waals surface area contributed by atoms with E-state index in [-0.39, 0.29) is 39.8 Å². The predicted molar refractivity (Wildman–Crippen MR) is 91.0 cm³/mol. The summed E-state index contributed by atoms with van der Waals surface area (Å²) in [6.45, 7) is 1.00. The van der Waals surface area contributed by atoms with Gasteiger partial charge in [0.2, 0.25) is 10.0 Å². The van der Waals surface area contributed by atoms with Gasteiger partial charge in [-0.1, -0.05) is 18.0 Å². The molecule has 3 rings (SSSR count). The molecular formula is C15H19Cl2N3O2S. The van der Waals surface area contributed by atoms with Gasteiger partial charge in [-0.15, -0.1) is 12.4 Å². The maximum absolute atomic E-state index is 12.8. The quantitative estimate of drug-likeness (QED) is 0.859. The summed E-state index contributed by atoms with van der Waals surface area (Å²) in [5.41, 5.74) is 6.42. The van der Waals surface area contributed by atoms with E-state index in [1.54, 1.807) is 0 Å². The van der Waals surface area contributed by atoms with E-state index in [1.807, 2.05) is 6.07 Å². The fourth-order valence-electron chi connectivity index (χ4n) is 3.57. The first-order valence-corrected chi connectivity index (χ1v) is 9.20. The first-order chi connectivity index (χ1) is 10.4. The monoisotopic (exact) mass is 375 g/mol. The number of nitrogens with two attached hydrogens (primary N) is 1. The number of nitriles is 1. The van der Waals surface area contributed by atoms with Crippen molar-refractivity contribution in [2.75, 3.05) is 13.1 Å². The maximum Gasteiger partial charge on any atom is 0.243 e. The number of halogens is 2. The highest BCUT2D eigenvalue weighted by Gasteiger charge is 2.43. The third-order valence-electron chi connectivity index (χ3n) is 4.82. The van der Waals surface area contributed by atoms with Crippen molar-refractivity contribution in [1.29, 1.82) is 5.26 Å². The summed E-state index contributed by atoms with van der Waals surface area (Å²) in [5, 5.41) is 9.05. The van der Waals surface area contributed by atoms with E-state index in [9.17, 15) is 8.42 Å². The largest absolute Gasteiger partial charge is 0.327 e. The topological polar surface area (TPSA) is 87.2 Å². The number of benzene rings is 1. The lowest BCUT2D eigenvalue weighted by atomic mass is 9.78. The maximum atomic E-state index is 12.8. The van der Waals surface area contributed by atoms with Crippen molar-refractivity contribution < 1.29 is 8.42 Å². The number of rotatable bonds is 2. The number of hydrogen-bond acceptors (Lipinski definition) is 4. The average molecular weight is 376 g/mol. The van der Waals surface area contributed by atoms with Crippen molar-refractivity contribution in [2.24, 2.45) is 17.6 Å². The lowest BCUT2D eigenvalue weighted by Crippen LogP contribution is -2.38. The molecule has 126 valence electrons. The van der Waals surface area contributed by atoms with Crippen LogP contribution in [0.5, 0.6) is 0 Å². The minimum absolute atomic E-state index is 0. The van der Waals surface area contributed by atoms with Gasteiger partial charge < -0.3 is 5.73 Å². The molecule has 1 heterocycles. The summed E-state index contributed by atoms with van der Waals surface area (Å²) in [5.74, 6) is 0.602. The van der Waals surface area contributed by atoms with Crippen LogP contribution in [0.4, 0.5) is 0 Å². The van der Waals surface area contributed by atoms with Crippen molar-refractivity contribution in [3.05, 3.63) is 28.8 Å². The second kappa shape index (κ2) is 6.96. The van der Waals surface area contributed by atoms with Gasteiger partial charge in [0, 0.05) is 19.1 Å². The molecule has 1 aromatic carbocycles. The molecule has 1 aliphatic heterocycles. The predicted octanol–water partition coefficient (Wildman–Crippen LogP) is 2.38. The summed E-state index contributed by atoms with van der Waals surface area (Å²) in [6, 6.07) is 6.27. The molecule has 0 amide bonds. The first-order valence-electron chi connectivity index (χ1n) is 7.39. The van der Waals surface area contributed by atoms with Gasteiger partial charge in [0.05, 0.1) is 15.5 Å². The van der Waals surface area contributed by atoms with Gasteiger partial charge in [0.15, 0.2) is 0 Å². The van der Waals surface area contributed by atoms with Crippen LogP contribution < -0.4 is 5.73 Å². The number of hydrogen-bond donors (Lipinski definition) is 1. The van der Waals surface area contributed by atoms with Gasteiger partial charge in [-0.25, -0.2) is 8.42 Å². The van der Waals surface area contributed by atoms with Gasteiger partial charge in [-0.05, 0) is 42.9 Å². The second-order valence-corrected chi connectivity index (χ2v) is 8.44. The minimum Gasteiger partial charge on any atom is -0.327 e. The summed E-state index contributed by atoms with van der Waals surface area (Å²) in [6.07, 6.45) is 3.08. The molecule has 1 aliphatic carbocycles. The third-order valence-corrected chi connectivity index (χ3v) is 6.96. The fraction of sp³-hybridized carbons (Fsp3) is 0.533. The van der Waals surface area contributed by atoms with Gasteiger partial charge in [-0.3, -0.25) is 0 Å². The lowest BCUT2D eigenvalue weighted by molar-refractivity contribution is 0.260. The Balaban J connectivity index is 0.00000192. The number of fused-ring (bicyclic) bond motifs is 1. The molecule has 0 spiro atoms. The summed E-state index contributed by atoms with van der Waals surface area (Å²) >= 11 is 5.96. The molecule has 8 heteroatoms. The normalized spacial score (nSPS) is 27.8. The zero-order valence-electron chi connectivity index (χ0n) is 12.5. The van der Waals surface area contributed by atoms with Gasteiger partial charge >= 0.3 is 0 Å². The van der Waals surface area contributed by atoms with Gasteiger partial charge in [0.25, 0.3) is 0 Å². The fourth-order valence-corrected chi connectivity index (χ4v) is 5.42. The van der Waals surface area contributed by atoms with Crippen LogP contribution >= 0.6 is 24.0 Å². The molecule has 2 fully saturated rings. The molecule has 2 N–H and O–H groups in total. The molecular weight excluding hydrogens is 357 g/mol. The van der Waals surface area contributed by atoms with Crippen molar-refractivity contribution in [1.82, 2.24) is 4.31 Å². The Morgan fingerprint density at radius 2 is 2.04 bits per heavy atom. The highest BCUT2D eigenvalue weighted by molar-refractivity contribution is 7.89. The molecule has 3 atom stereocenters. The highest BCUT2D eigenvalue weighted by Crippen LogP contribution is 2.38. The Bertz CT molecular complexity index is 733. The van der Waals surface area contributed by atoms with E-state index < -0.39 is 10.0 Å². The van der Waals surface area contributed by atoms with E-state index in [1.165, 1.54) is 22.5 Å². The van der Waals surface area contributed by atoms with Gasteiger partial charge in [0.1, 0.15) is 6.07 Å². The molecule has 0 radical (unpaired) electrons. The molecule has 23 heavy (non-hydrogen) atoms. The SMILES string of the molecule is Cl.N#Cc1ccc(S(=O)(=O)N2CC3CCCC(N)C3C2)cc1Cl. The van der Waals surface area contributed by atoms with Crippen LogP contribution in [0.25, 0.3) is 0 Å². The molecule has 1 saturated heterocycles. The summed E-state index contributed by atoms with van der Waals surface area (Å²) in [4.78, 5) is 0.142. The van der Waals surface area contributed by atoms with E-state index >= 15 is 0 Å². The average Bonchev–Trinajstić information content (AvgIpc) is 2.93. The molecule has 1 saturated carbocycles. The zero-order valence-corrected chi connectivity index (χ0v) is 14.9. The smallest absolute Gasteiger partial charge is 0.243 e. The molecule has 3 unspecified atom stereocenters. The molecule has 5 nitrogen and oxygen atoms in total. The van der Waals surface area contributed by atoms with E-state index in [0.717, 1.165) is 19.3 Å². The summed E-state index contributed by atoms with van der Waals surface area (Å²) < 4.78 is 27.1. The van der Waals surface area contributed by atoms with Crippen LogP contribution in [0.1, 0.15) is 24.8 Å². The van der Waals surface area contributed by atoms with Gasteiger partial charge in [-0.2, -0.15) is 9.57 Å². The molecule has 0 bridgehead atoms. The van der Waals surface area contributed by atoms with Crippen molar-refractivity contribution in [3.63, 3.8) is 0 Å². The van der Waals surface area contributed by atoms with Crippen LogP contribution in [-0.2, 0) is 10.0 Å². The van der Waals surface area contributed by atoms with Crippen LogP contribution in [0.3, 0.4) is 0 Å². The third kappa shape index (κ3) is 3.35. The van der Waals surface area contributed by atoms with Crippen LogP contribution in [0.2, 0.25) is 5.02 Å². The number of sulfonamides is 1. The molecule has 0 aromatic heterocycles. The Hall–Kier alpha value is -0.840. The van der Waals surface area contributed by atoms with Crippen LogP contribution in [0.15, 0.2) is 23.1 Å². The van der Waals surface area contributed by atoms with Crippen molar-refractivity contribution >= 4 is 34.0 Å². The highest BCUT2D eigenvalue weighted by atomic mass is 35.5. The Morgan fingerprint density at radius 1 is 1.30 bits per heavy atom. The zero-order chi connectivity index (χ0) is 15.9. The van der Waals surface area contributed by atoms with E-state index in [4.69, 9.17) is 22.6 Å². The Kier molecular flexibility index (Phi) is 5.59. The Morgan fingerprint density at radius 3 is 2.65 bits per heavy atom. The standard InChI is InChI=1S/C15H18ClN3O2S.ClH/c16-14-6-12(5-4-10(14)7-17)22(20,21)19-8-11-2-1-3-15(18)13(11)9-19;/h4-6,11,13,15H,1-3,8-9,18H2;1H. The van der Waals surface area contributed by atoms with Crippen LogP contribution in [0, 0.1) is 23.2 Å². The van der Waals surface area contributed by atoms with E-state index in [0.29, 0.717) is 19.0 Å². The molecule has 1 aromatic rings. The van der Waals surface area contributed by atoms with Crippen molar-refractivity contribution in [3.8, 4) is 6.07 Å². The first kappa shape index (κ1) is 18.5. The van der Waals surface area contributed by atoms with Crippen molar-refractivity contribution in [2.45, 2.75) is 30.2 Å².